The molecule has 0 radical (unpaired) electrons. The van der Waals surface area contributed by atoms with Gasteiger partial charge < -0.3 is 4.74 Å². The molecule has 18 heavy (non-hydrogen) atoms. The Hall–Kier alpha value is -1.69. The first kappa shape index (κ1) is 12.8. The first-order valence-electron chi connectivity index (χ1n) is 5.48. The lowest BCUT2D eigenvalue weighted by Crippen LogP contribution is -2.07. The van der Waals surface area contributed by atoms with Crippen LogP contribution in [0.3, 0.4) is 0 Å². The monoisotopic (exact) mass is 309 g/mol. The number of aryl methyl sites for hydroxylation is 1. The van der Waals surface area contributed by atoms with Crippen LogP contribution in [0.4, 0.5) is 0 Å². The minimum absolute atomic E-state index is 0.340. The van der Waals surface area contributed by atoms with Gasteiger partial charge in [0.2, 0.25) is 0 Å². The fourth-order valence-corrected chi connectivity index (χ4v) is 2.02. The number of nitrogens with zero attached hydrogens (tertiary/aromatic N) is 3. The minimum Gasteiger partial charge on any atom is -0.484 e. The molecule has 2 aromatic rings. The molecule has 0 bridgehead atoms. The van der Waals surface area contributed by atoms with E-state index in [1.165, 1.54) is 6.33 Å². The molecular weight excluding hydrogens is 298 g/mol. The van der Waals surface area contributed by atoms with Crippen LogP contribution in [0.5, 0.6) is 5.75 Å². The molecule has 0 saturated carbocycles. The van der Waals surface area contributed by atoms with Gasteiger partial charge in [0.1, 0.15) is 25.0 Å². The van der Waals surface area contributed by atoms with Crippen LogP contribution in [0, 0.1) is 0 Å². The van der Waals surface area contributed by atoms with Crippen LogP contribution >= 0.6 is 15.9 Å². The Balaban J connectivity index is 2.08. The number of carbonyl (C=O) groups is 1. The Labute approximate surface area is 113 Å². The largest absolute Gasteiger partial charge is 0.484 e. The van der Waals surface area contributed by atoms with Crippen molar-refractivity contribution in [3.8, 4) is 5.75 Å². The molecular formula is C12H12BrN3O2. The summed E-state index contributed by atoms with van der Waals surface area (Å²) in [5.41, 5.74) is 0.603. The molecule has 1 aromatic heterocycles. The lowest BCUT2D eigenvalue weighted by atomic mass is 10.2. The third-order valence-corrected chi connectivity index (χ3v) is 3.06. The van der Waals surface area contributed by atoms with Gasteiger partial charge in [-0.1, -0.05) is 0 Å². The van der Waals surface area contributed by atoms with Crippen molar-refractivity contribution in [2.45, 2.75) is 20.1 Å². The maximum atomic E-state index is 10.6. The fourth-order valence-electron chi connectivity index (χ4n) is 1.51. The summed E-state index contributed by atoms with van der Waals surface area (Å²) in [5.74, 6) is 1.44. The van der Waals surface area contributed by atoms with Crippen LogP contribution in [0.2, 0.25) is 0 Å². The molecule has 0 amide bonds. The second-order valence-corrected chi connectivity index (χ2v) is 4.44. The van der Waals surface area contributed by atoms with Crippen LogP contribution in [-0.4, -0.2) is 21.1 Å². The van der Waals surface area contributed by atoms with Crippen LogP contribution in [0.1, 0.15) is 23.1 Å². The number of hydrogen-bond donors (Lipinski definition) is 0. The van der Waals surface area contributed by atoms with Gasteiger partial charge in [-0.3, -0.25) is 4.79 Å². The van der Waals surface area contributed by atoms with Crippen molar-refractivity contribution in [1.29, 1.82) is 0 Å². The summed E-state index contributed by atoms with van der Waals surface area (Å²) in [6, 6.07) is 5.17. The highest BCUT2D eigenvalue weighted by Gasteiger charge is 2.06. The lowest BCUT2D eigenvalue weighted by molar-refractivity contribution is 0.112. The van der Waals surface area contributed by atoms with Crippen molar-refractivity contribution in [2.75, 3.05) is 0 Å². The molecule has 0 saturated heterocycles. The van der Waals surface area contributed by atoms with Gasteiger partial charge in [-0.15, -0.1) is 0 Å². The minimum atomic E-state index is 0.340. The maximum Gasteiger partial charge on any atom is 0.164 e. The van der Waals surface area contributed by atoms with E-state index in [0.29, 0.717) is 17.9 Å². The van der Waals surface area contributed by atoms with Gasteiger partial charge in [0.15, 0.2) is 5.82 Å². The smallest absolute Gasteiger partial charge is 0.164 e. The second-order valence-electron chi connectivity index (χ2n) is 3.59. The number of benzene rings is 1. The first-order valence-corrected chi connectivity index (χ1v) is 6.28. The maximum absolute atomic E-state index is 10.6. The topological polar surface area (TPSA) is 57.0 Å². The quantitative estimate of drug-likeness (QED) is 0.796. The number of aromatic nitrogens is 3. The molecule has 1 aromatic carbocycles. The predicted octanol–water partition coefficient (Wildman–Crippen LogP) is 2.45. The molecule has 5 nitrogen and oxygen atoms in total. The third-order valence-electron chi connectivity index (χ3n) is 2.44. The van der Waals surface area contributed by atoms with E-state index in [2.05, 4.69) is 26.0 Å². The molecule has 0 spiro atoms. The molecule has 0 aliphatic carbocycles. The molecule has 94 valence electrons. The molecule has 0 aliphatic heterocycles. The summed E-state index contributed by atoms with van der Waals surface area (Å²) in [7, 11) is 0. The van der Waals surface area contributed by atoms with Gasteiger partial charge in [-0.05, 0) is 41.1 Å². The van der Waals surface area contributed by atoms with E-state index in [-0.39, 0.29) is 0 Å². The first-order chi connectivity index (χ1) is 8.74. The number of ether oxygens (including phenoxy) is 1. The van der Waals surface area contributed by atoms with E-state index in [1.54, 1.807) is 22.9 Å². The van der Waals surface area contributed by atoms with Gasteiger partial charge in [0.05, 0.1) is 4.47 Å². The van der Waals surface area contributed by atoms with Crippen molar-refractivity contribution < 1.29 is 9.53 Å². The lowest BCUT2D eigenvalue weighted by Gasteiger charge is -2.08. The van der Waals surface area contributed by atoms with E-state index < -0.39 is 0 Å². The standard InChI is InChI=1S/C12H12BrN3O2/c1-2-16-12(14-8-15-16)7-18-11-4-3-9(6-17)5-10(11)13/h3-6,8H,2,7H2,1H3. The zero-order valence-corrected chi connectivity index (χ0v) is 11.4. The SMILES string of the molecule is CCn1ncnc1COc1ccc(C=O)cc1Br. The van der Waals surface area contributed by atoms with E-state index >= 15 is 0 Å². The number of aldehydes is 1. The Morgan fingerprint density at radius 1 is 1.50 bits per heavy atom. The summed E-state index contributed by atoms with van der Waals surface area (Å²) >= 11 is 3.36. The Kier molecular flexibility index (Phi) is 4.09. The molecule has 0 atom stereocenters. The van der Waals surface area contributed by atoms with Crippen LogP contribution in [0.15, 0.2) is 29.0 Å². The van der Waals surface area contributed by atoms with E-state index in [9.17, 15) is 4.79 Å². The molecule has 0 fully saturated rings. The van der Waals surface area contributed by atoms with Crippen LogP contribution in [0.25, 0.3) is 0 Å². The summed E-state index contributed by atoms with van der Waals surface area (Å²) in [5, 5.41) is 4.06. The van der Waals surface area contributed by atoms with Crippen LogP contribution in [-0.2, 0) is 13.2 Å². The summed E-state index contributed by atoms with van der Waals surface area (Å²) in [6.45, 7) is 3.09. The molecule has 0 N–H and O–H groups in total. The average molecular weight is 310 g/mol. The summed E-state index contributed by atoms with van der Waals surface area (Å²) in [6.07, 6.45) is 2.30. The number of halogens is 1. The van der Waals surface area contributed by atoms with Gasteiger partial charge in [-0.2, -0.15) is 5.10 Å². The van der Waals surface area contributed by atoms with Gasteiger partial charge >= 0.3 is 0 Å². The molecule has 6 heteroatoms. The zero-order valence-electron chi connectivity index (χ0n) is 9.84. The van der Waals surface area contributed by atoms with Crippen molar-refractivity contribution in [1.82, 2.24) is 14.8 Å². The van der Waals surface area contributed by atoms with E-state index in [4.69, 9.17) is 4.74 Å². The predicted molar refractivity (Wildman–Crippen MR) is 69.6 cm³/mol. The van der Waals surface area contributed by atoms with Crippen molar-refractivity contribution in [3.05, 3.63) is 40.4 Å². The van der Waals surface area contributed by atoms with Crippen LogP contribution < -0.4 is 4.74 Å². The molecule has 1 heterocycles. The van der Waals surface area contributed by atoms with Gasteiger partial charge in [0, 0.05) is 12.1 Å². The Morgan fingerprint density at radius 2 is 2.33 bits per heavy atom. The third kappa shape index (κ3) is 2.76. The molecule has 2 rings (SSSR count). The second kappa shape index (κ2) is 5.77. The van der Waals surface area contributed by atoms with Crippen molar-refractivity contribution in [3.63, 3.8) is 0 Å². The average Bonchev–Trinajstić information content (AvgIpc) is 2.84. The Bertz CT molecular complexity index is 554. The normalized spacial score (nSPS) is 10.3. The highest BCUT2D eigenvalue weighted by atomic mass is 79.9. The number of rotatable bonds is 5. The fraction of sp³-hybridized carbons (Fsp3) is 0.250. The summed E-state index contributed by atoms with van der Waals surface area (Å²) < 4.78 is 8.15. The highest BCUT2D eigenvalue weighted by Crippen LogP contribution is 2.26. The van der Waals surface area contributed by atoms with Crippen molar-refractivity contribution >= 4 is 22.2 Å². The number of carbonyl (C=O) groups excluding carboxylic acids is 1. The highest BCUT2D eigenvalue weighted by molar-refractivity contribution is 9.10. The van der Waals surface area contributed by atoms with Crippen molar-refractivity contribution in [2.24, 2.45) is 0 Å². The van der Waals surface area contributed by atoms with E-state index in [0.717, 1.165) is 23.1 Å². The van der Waals surface area contributed by atoms with Gasteiger partial charge in [0.25, 0.3) is 0 Å². The van der Waals surface area contributed by atoms with E-state index in [1.807, 2.05) is 6.92 Å². The summed E-state index contributed by atoms with van der Waals surface area (Å²) in [4.78, 5) is 14.7. The number of hydrogen-bond acceptors (Lipinski definition) is 4. The molecule has 0 aliphatic rings. The van der Waals surface area contributed by atoms with Gasteiger partial charge in [-0.25, -0.2) is 9.67 Å². The Morgan fingerprint density at radius 3 is 3.00 bits per heavy atom. The zero-order chi connectivity index (χ0) is 13.0. The molecule has 0 unspecified atom stereocenters.